The van der Waals surface area contributed by atoms with Gasteiger partial charge in [-0.1, -0.05) is 12.1 Å². The molecule has 1 fully saturated rings. The quantitative estimate of drug-likeness (QED) is 0.909. The number of nitrogens with one attached hydrogen (secondary N) is 1. The van der Waals surface area contributed by atoms with E-state index in [0.717, 1.165) is 32.7 Å². The van der Waals surface area contributed by atoms with Gasteiger partial charge in [0.1, 0.15) is 17.3 Å². The van der Waals surface area contributed by atoms with Crippen LogP contribution in [0, 0.1) is 6.92 Å². The van der Waals surface area contributed by atoms with Crippen LogP contribution in [-0.2, 0) is 0 Å². The minimum atomic E-state index is -0.0721. The van der Waals surface area contributed by atoms with E-state index < -0.39 is 0 Å². The highest BCUT2D eigenvalue weighted by atomic mass is 16.5. The molecule has 2 aromatic heterocycles. The first kappa shape index (κ1) is 15.4. The molecular formula is C15H20N6O2. The average Bonchev–Trinajstić information content (AvgIpc) is 3.00. The number of hydrogen-bond donors (Lipinski definition) is 1. The molecule has 2 aromatic rings. The second kappa shape index (κ2) is 6.74. The molecule has 122 valence electrons. The van der Waals surface area contributed by atoms with Gasteiger partial charge in [0, 0.05) is 32.2 Å². The molecule has 0 aliphatic carbocycles. The van der Waals surface area contributed by atoms with E-state index >= 15 is 0 Å². The number of nitrogens with zero attached hydrogens (tertiary/aromatic N) is 5. The molecule has 0 spiro atoms. The highest BCUT2D eigenvalue weighted by Gasteiger charge is 2.22. The molecule has 23 heavy (non-hydrogen) atoms. The third-order valence-electron chi connectivity index (χ3n) is 3.86. The standard InChI is InChI=1S/C15H20N6O2/c1-3-20-4-6-21(7-5-20)15(22)12-9-17-14(10-16-12)18-13-8-11(2)23-19-13/h8-10H,3-7H2,1-2H3,(H,17,18,19). The zero-order chi connectivity index (χ0) is 16.2. The molecule has 1 saturated heterocycles. The number of piperazine rings is 1. The molecule has 1 aliphatic heterocycles. The molecule has 0 atom stereocenters. The third kappa shape index (κ3) is 3.65. The lowest BCUT2D eigenvalue weighted by molar-refractivity contribution is 0.0637. The minimum absolute atomic E-state index is 0.0721. The normalized spacial score (nSPS) is 15.7. The van der Waals surface area contributed by atoms with E-state index in [1.807, 2.05) is 11.8 Å². The molecule has 0 unspecified atom stereocenters. The number of hydrogen-bond acceptors (Lipinski definition) is 7. The molecule has 8 nitrogen and oxygen atoms in total. The van der Waals surface area contributed by atoms with Crippen LogP contribution in [0.25, 0.3) is 0 Å². The van der Waals surface area contributed by atoms with E-state index in [1.165, 1.54) is 12.4 Å². The van der Waals surface area contributed by atoms with Crippen molar-refractivity contribution in [2.24, 2.45) is 0 Å². The number of rotatable bonds is 4. The molecule has 0 radical (unpaired) electrons. The van der Waals surface area contributed by atoms with Crippen LogP contribution < -0.4 is 5.32 Å². The minimum Gasteiger partial charge on any atom is -0.360 e. The highest BCUT2D eigenvalue weighted by molar-refractivity contribution is 5.92. The van der Waals surface area contributed by atoms with Gasteiger partial charge >= 0.3 is 0 Å². The van der Waals surface area contributed by atoms with Crippen molar-refractivity contribution in [2.75, 3.05) is 38.0 Å². The summed E-state index contributed by atoms with van der Waals surface area (Å²) in [6.07, 6.45) is 3.02. The van der Waals surface area contributed by atoms with Crippen LogP contribution >= 0.6 is 0 Å². The molecule has 1 N–H and O–H groups in total. The van der Waals surface area contributed by atoms with Crippen molar-refractivity contribution in [3.63, 3.8) is 0 Å². The van der Waals surface area contributed by atoms with Gasteiger partial charge in [0.05, 0.1) is 12.4 Å². The molecule has 1 amide bonds. The topological polar surface area (TPSA) is 87.4 Å². The first-order valence-corrected chi connectivity index (χ1v) is 7.69. The number of anilines is 2. The summed E-state index contributed by atoms with van der Waals surface area (Å²) in [5.74, 6) is 1.72. The predicted octanol–water partition coefficient (Wildman–Crippen LogP) is 1.29. The Kier molecular flexibility index (Phi) is 4.52. The fourth-order valence-corrected chi connectivity index (χ4v) is 2.49. The van der Waals surface area contributed by atoms with E-state index in [-0.39, 0.29) is 5.91 Å². The van der Waals surface area contributed by atoms with Crippen molar-refractivity contribution >= 4 is 17.5 Å². The van der Waals surface area contributed by atoms with Crippen LogP contribution in [0.15, 0.2) is 23.0 Å². The van der Waals surface area contributed by atoms with Crippen LogP contribution in [0.3, 0.4) is 0 Å². The van der Waals surface area contributed by atoms with Crippen LogP contribution in [0.4, 0.5) is 11.6 Å². The van der Waals surface area contributed by atoms with Crippen LogP contribution in [0.2, 0.25) is 0 Å². The Morgan fingerprint density at radius 2 is 2.00 bits per heavy atom. The van der Waals surface area contributed by atoms with Gasteiger partial charge in [-0.2, -0.15) is 0 Å². The van der Waals surface area contributed by atoms with Gasteiger partial charge in [-0.15, -0.1) is 0 Å². The van der Waals surface area contributed by atoms with E-state index in [4.69, 9.17) is 4.52 Å². The van der Waals surface area contributed by atoms with Crippen molar-refractivity contribution in [3.05, 3.63) is 29.9 Å². The van der Waals surface area contributed by atoms with Crippen LogP contribution in [0.5, 0.6) is 0 Å². The number of carbonyl (C=O) groups excluding carboxylic acids is 1. The van der Waals surface area contributed by atoms with Crippen molar-refractivity contribution in [1.82, 2.24) is 24.9 Å². The Bertz CT molecular complexity index is 661. The number of carbonyl (C=O) groups is 1. The summed E-state index contributed by atoms with van der Waals surface area (Å²) in [4.78, 5) is 25.0. The zero-order valence-electron chi connectivity index (χ0n) is 13.3. The molecule has 1 aliphatic rings. The number of aryl methyl sites for hydroxylation is 1. The maximum Gasteiger partial charge on any atom is 0.274 e. The highest BCUT2D eigenvalue weighted by Crippen LogP contribution is 2.14. The van der Waals surface area contributed by atoms with Gasteiger partial charge in [0.15, 0.2) is 5.82 Å². The third-order valence-corrected chi connectivity index (χ3v) is 3.86. The second-order valence-corrected chi connectivity index (χ2v) is 5.46. The average molecular weight is 316 g/mol. The summed E-state index contributed by atoms with van der Waals surface area (Å²) in [6, 6.07) is 1.76. The Morgan fingerprint density at radius 1 is 1.22 bits per heavy atom. The maximum atomic E-state index is 12.4. The Morgan fingerprint density at radius 3 is 2.57 bits per heavy atom. The second-order valence-electron chi connectivity index (χ2n) is 5.46. The van der Waals surface area contributed by atoms with Gasteiger partial charge in [-0.05, 0) is 13.5 Å². The maximum absolute atomic E-state index is 12.4. The molecule has 8 heteroatoms. The summed E-state index contributed by atoms with van der Waals surface area (Å²) in [7, 11) is 0. The largest absolute Gasteiger partial charge is 0.360 e. The fourth-order valence-electron chi connectivity index (χ4n) is 2.49. The molecule has 0 bridgehead atoms. The SMILES string of the molecule is CCN1CCN(C(=O)c2cnc(Nc3cc(C)on3)cn2)CC1. The van der Waals surface area contributed by atoms with Gasteiger partial charge in [-0.25, -0.2) is 9.97 Å². The van der Waals surface area contributed by atoms with Gasteiger partial charge in [0.25, 0.3) is 5.91 Å². The summed E-state index contributed by atoms with van der Waals surface area (Å²) < 4.78 is 4.97. The van der Waals surface area contributed by atoms with Crippen LogP contribution in [-0.4, -0.2) is 63.6 Å². The van der Waals surface area contributed by atoms with Crippen molar-refractivity contribution in [1.29, 1.82) is 0 Å². The fraction of sp³-hybridized carbons (Fsp3) is 0.467. The smallest absolute Gasteiger partial charge is 0.274 e. The Labute approximate surface area is 134 Å². The number of aromatic nitrogens is 3. The van der Waals surface area contributed by atoms with E-state index in [0.29, 0.717) is 23.1 Å². The molecular weight excluding hydrogens is 296 g/mol. The molecule has 3 heterocycles. The molecule has 0 saturated carbocycles. The van der Waals surface area contributed by atoms with E-state index in [2.05, 4.69) is 32.3 Å². The lowest BCUT2D eigenvalue weighted by Gasteiger charge is -2.33. The number of likely N-dealkylation sites (N-methyl/N-ethyl adjacent to an activating group) is 1. The van der Waals surface area contributed by atoms with E-state index in [1.54, 1.807) is 6.07 Å². The summed E-state index contributed by atoms with van der Waals surface area (Å²) >= 11 is 0. The van der Waals surface area contributed by atoms with Crippen molar-refractivity contribution < 1.29 is 9.32 Å². The Hall–Kier alpha value is -2.48. The van der Waals surface area contributed by atoms with Gasteiger partial charge in [0.2, 0.25) is 0 Å². The first-order valence-electron chi connectivity index (χ1n) is 7.69. The van der Waals surface area contributed by atoms with Gasteiger partial charge < -0.3 is 19.6 Å². The molecule has 3 rings (SSSR count). The van der Waals surface area contributed by atoms with Crippen molar-refractivity contribution in [3.8, 4) is 0 Å². The van der Waals surface area contributed by atoms with Crippen molar-refractivity contribution in [2.45, 2.75) is 13.8 Å². The Balaban J connectivity index is 1.61. The van der Waals surface area contributed by atoms with Crippen LogP contribution in [0.1, 0.15) is 23.2 Å². The van der Waals surface area contributed by atoms with E-state index in [9.17, 15) is 4.79 Å². The monoisotopic (exact) mass is 316 g/mol. The lowest BCUT2D eigenvalue weighted by atomic mass is 10.3. The summed E-state index contributed by atoms with van der Waals surface area (Å²) in [6.45, 7) is 8.22. The lowest BCUT2D eigenvalue weighted by Crippen LogP contribution is -2.48. The zero-order valence-corrected chi connectivity index (χ0v) is 13.3. The summed E-state index contributed by atoms with van der Waals surface area (Å²) in [5, 5.41) is 6.80. The predicted molar refractivity (Wildman–Crippen MR) is 84.6 cm³/mol. The first-order chi connectivity index (χ1) is 11.2. The number of amides is 1. The molecule has 0 aromatic carbocycles. The van der Waals surface area contributed by atoms with Gasteiger partial charge in [-0.3, -0.25) is 4.79 Å². The summed E-state index contributed by atoms with van der Waals surface area (Å²) in [5.41, 5.74) is 0.358.